The van der Waals surface area contributed by atoms with Gasteiger partial charge in [0.1, 0.15) is 0 Å². The lowest BCUT2D eigenvalue weighted by Crippen LogP contribution is -2.48. The summed E-state index contributed by atoms with van der Waals surface area (Å²) in [6.45, 7) is 4.35. The highest BCUT2D eigenvalue weighted by atomic mass is 16.2. The minimum Gasteiger partial charge on any atom is -0.339 e. The number of benzene rings is 2. The van der Waals surface area contributed by atoms with Crippen LogP contribution in [-0.4, -0.2) is 55.6 Å². The van der Waals surface area contributed by atoms with Crippen molar-refractivity contribution in [1.29, 1.82) is 0 Å². The Morgan fingerprint density at radius 3 is 2.36 bits per heavy atom. The van der Waals surface area contributed by atoms with E-state index in [1.165, 1.54) is 11.3 Å². The van der Waals surface area contributed by atoms with Crippen LogP contribution < -0.4 is 10.2 Å². The maximum Gasteiger partial charge on any atom is 0.321 e. The van der Waals surface area contributed by atoms with E-state index in [0.29, 0.717) is 0 Å². The van der Waals surface area contributed by atoms with Gasteiger partial charge in [-0.15, -0.1) is 0 Å². The molecule has 2 aliphatic rings. The normalized spacial score (nSPS) is 17.5. The molecule has 2 aromatic carbocycles. The van der Waals surface area contributed by atoms with Crippen molar-refractivity contribution in [1.82, 2.24) is 9.80 Å². The lowest BCUT2D eigenvalue weighted by Gasteiger charge is -2.33. The maximum atomic E-state index is 12.7. The van der Waals surface area contributed by atoms with Crippen molar-refractivity contribution < 1.29 is 4.79 Å². The third-order valence-electron chi connectivity index (χ3n) is 5.11. The second kappa shape index (κ2) is 6.76. The van der Waals surface area contributed by atoms with Gasteiger partial charge in [-0.05, 0) is 37.2 Å². The van der Waals surface area contributed by atoms with E-state index < -0.39 is 0 Å². The van der Waals surface area contributed by atoms with Crippen LogP contribution in [0.4, 0.5) is 21.9 Å². The Morgan fingerprint density at radius 1 is 0.880 bits per heavy atom. The largest absolute Gasteiger partial charge is 0.339 e. The van der Waals surface area contributed by atoms with Crippen LogP contribution in [0.2, 0.25) is 0 Å². The molecule has 0 saturated carbocycles. The first-order valence-electron chi connectivity index (χ1n) is 8.91. The van der Waals surface area contributed by atoms with E-state index in [4.69, 9.17) is 0 Å². The Morgan fingerprint density at radius 2 is 1.56 bits per heavy atom. The first-order valence-corrected chi connectivity index (χ1v) is 8.91. The van der Waals surface area contributed by atoms with Crippen LogP contribution in [0.25, 0.3) is 0 Å². The number of piperazine rings is 1. The Balaban J connectivity index is 1.55. The van der Waals surface area contributed by atoms with Gasteiger partial charge in [0.15, 0.2) is 0 Å². The highest BCUT2D eigenvalue weighted by Gasteiger charge is 2.24. The molecule has 0 aliphatic carbocycles. The molecule has 0 unspecified atom stereocenters. The molecular formula is C20H24N4O. The fourth-order valence-corrected chi connectivity index (χ4v) is 3.61. The van der Waals surface area contributed by atoms with Gasteiger partial charge >= 0.3 is 6.03 Å². The van der Waals surface area contributed by atoms with Gasteiger partial charge in [-0.2, -0.15) is 0 Å². The van der Waals surface area contributed by atoms with Crippen molar-refractivity contribution in [3.8, 4) is 0 Å². The topological polar surface area (TPSA) is 38.8 Å². The second-order valence-corrected chi connectivity index (χ2v) is 6.77. The van der Waals surface area contributed by atoms with Gasteiger partial charge in [-0.3, -0.25) is 0 Å². The molecule has 0 spiro atoms. The summed E-state index contributed by atoms with van der Waals surface area (Å²) >= 11 is 0. The van der Waals surface area contributed by atoms with E-state index >= 15 is 0 Å². The number of carbonyl (C=O) groups excluding carboxylic acids is 1. The van der Waals surface area contributed by atoms with E-state index in [2.05, 4.69) is 52.5 Å². The number of amides is 2. The van der Waals surface area contributed by atoms with Gasteiger partial charge in [0.05, 0.1) is 11.4 Å². The fourth-order valence-electron chi connectivity index (χ4n) is 3.61. The number of hydrogen-bond donors (Lipinski definition) is 1. The summed E-state index contributed by atoms with van der Waals surface area (Å²) in [7, 11) is 2.09. The molecule has 1 saturated heterocycles. The van der Waals surface area contributed by atoms with Crippen LogP contribution in [0.3, 0.4) is 0 Å². The Hall–Kier alpha value is -2.53. The molecule has 1 N–H and O–H groups in total. The van der Waals surface area contributed by atoms with E-state index in [0.717, 1.165) is 50.5 Å². The van der Waals surface area contributed by atoms with Crippen LogP contribution >= 0.6 is 0 Å². The lowest BCUT2D eigenvalue weighted by molar-refractivity contribution is 0.164. The predicted molar refractivity (Wildman–Crippen MR) is 102 cm³/mol. The van der Waals surface area contributed by atoms with Crippen LogP contribution in [0.15, 0.2) is 48.5 Å². The maximum absolute atomic E-state index is 12.7. The number of likely N-dealkylation sites (N-methyl/N-ethyl adjacent to an activating group) is 1. The number of nitrogens with one attached hydrogen (secondary N) is 1. The zero-order valence-electron chi connectivity index (χ0n) is 14.6. The fraction of sp³-hybridized carbons (Fsp3) is 0.350. The van der Waals surface area contributed by atoms with Crippen molar-refractivity contribution in [2.45, 2.75) is 6.42 Å². The molecule has 0 aromatic heterocycles. The number of rotatable bonds is 2. The third-order valence-corrected chi connectivity index (χ3v) is 5.11. The van der Waals surface area contributed by atoms with E-state index in [-0.39, 0.29) is 6.03 Å². The number of para-hydroxylation sites is 3. The zero-order valence-corrected chi connectivity index (χ0v) is 14.6. The number of fused-ring (bicyclic) bond motifs is 1. The van der Waals surface area contributed by atoms with E-state index in [1.54, 1.807) is 0 Å². The number of nitrogens with zero attached hydrogens (tertiary/aromatic N) is 3. The number of carbonyl (C=O) groups is 1. The number of hydrogen-bond acceptors (Lipinski definition) is 3. The summed E-state index contributed by atoms with van der Waals surface area (Å²) in [5, 5.41) is 3.13. The second-order valence-electron chi connectivity index (χ2n) is 6.77. The van der Waals surface area contributed by atoms with Crippen molar-refractivity contribution >= 4 is 23.1 Å². The van der Waals surface area contributed by atoms with Gasteiger partial charge < -0.3 is 20.0 Å². The predicted octanol–water partition coefficient (Wildman–Crippen LogP) is 3.16. The zero-order chi connectivity index (χ0) is 17.2. The molecular weight excluding hydrogens is 312 g/mol. The molecule has 2 heterocycles. The first-order chi connectivity index (χ1) is 12.2. The Labute approximate surface area is 148 Å². The van der Waals surface area contributed by atoms with Crippen LogP contribution in [0.5, 0.6) is 0 Å². The van der Waals surface area contributed by atoms with Crippen molar-refractivity contribution in [3.05, 3.63) is 54.1 Å². The van der Waals surface area contributed by atoms with Gasteiger partial charge in [0, 0.05) is 38.4 Å². The summed E-state index contributed by atoms with van der Waals surface area (Å²) in [5.41, 5.74) is 4.55. The standard InChI is InChI=1S/C20H24N4O/c1-22-12-14-23(15-13-22)20(25)21-17-7-3-5-9-19(17)24-11-10-16-6-2-4-8-18(16)24/h2-9H,10-15H2,1H3,(H,21,25). The smallest absolute Gasteiger partial charge is 0.321 e. The molecule has 25 heavy (non-hydrogen) atoms. The third kappa shape index (κ3) is 3.20. The first kappa shape index (κ1) is 16.0. The van der Waals surface area contributed by atoms with Gasteiger partial charge in [-0.1, -0.05) is 30.3 Å². The molecule has 2 aromatic rings. The average molecular weight is 336 g/mol. The van der Waals surface area contributed by atoms with Crippen molar-refractivity contribution in [2.24, 2.45) is 0 Å². The highest BCUT2D eigenvalue weighted by molar-refractivity contribution is 5.94. The van der Waals surface area contributed by atoms with Gasteiger partial charge in [0.25, 0.3) is 0 Å². The molecule has 130 valence electrons. The van der Waals surface area contributed by atoms with Gasteiger partial charge in [-0.25, -0.2) is 4.79 Å². The molecule has 0 bridgehead atoms. The van der Waals surface area contributed by atoms with Crippen LogP contribution in [0.1, 0.15) is 5.56 Å². The Bertz CT molecular complexity index is 768. The molecule has 2 aliphatic heterocycles. The molecule has 0 atom stereocenters. The van der Waals surface area contributed by atoms with Crippen molar-refractivity contribution in [3.63, 3.8) is 0 Å². The summed E-state index contributed by atoms with van der Waals surface area (Å²) in [6, 6.07) is 16.6. The van der Waals surface area contributed by atoms with Crippen molar-refractivity contribution in [2.75, 3.05) is 50.0 Å². The summed E-state index contributed by atoms with van der Waals surface area (Å²) in [6.07, 6.45) is 1.04. The molecule has 2 amide bonds. The number of anilines is 3. The summed E-state index contributed by atoms with van der Waals surface area (Å²) in [5.74, 6) is 0. The minimum absolute atomic E-state index is 0.00645. The quantitative estimate of drug-likeness (QED) is 0.916. The molecule has 5 heteroatoms. The average Bonchev–Trinajstić information content (AvgIpc) is 3.07. The van der Waals surface area contributed by atoms with E-state index in [1.807, 2.05) is 23.1 Å². The molecule has 1 fully saturated rings. The van der Waals surface area contributed by atoms with Crippen LogP contribution in [-0.2, 0) is 6.42 Å². The monoisotopic (exact) mass is 336 g/mol. The minimum atomic E-state index is -0.00645. The SMILES string of the molecule is CN1CCN(C(=O)Nc2ccccc2N2CCc3ccccc32)CC1. The van der Waals surface area contributed by atoms with E-state index in [9.17, 15) is 4.79 Å². The van der Waals surface area contributed by atoms with Crippen LogP contribution in [0, 0.1) is 0 Å². The molecule has 0 radical (unpaired) electrons. The lowest BCUT2D eigenvalue weighted by atomic mass is 10.2. The molecule has 4 rings (SSSR count). The van der Waals surface area contributed by atoms with Gasteiger partial charge in [0.2, 0.25) is 0 Å². The summed E-state index contributed by atoms with van der Waals surface area (Å²) < 4.78 is 0. The summed E-state index contributed by atoms with van der Waals surface area (Å²) in [4.78, 5) is 19.1. The highest BCUT2D eigenvalue weighted by Crippen LogP contribution is 2.38. The Kier molecular flexibility index (Phi) is 4.32. The number of urea groups is 1. The molecule has 5 nitrogen and oxygen atoms in total.